The van der Waals surface area contributed by atoms with Crippen molar-refractivity contribution in [2.45, 2.75) is 195 Å². The lowest BCUT2D eigenvalue weighted by molar-refractivity contribution is -0.119. The Bertz CT molecular complexity index is 5190. The molecule has 0 bridgehead atoms. The SMILES string of the molecule is C=P(C)(C)CC[C@H]1OC(n2cc(CC(C)=O)c(=O)[nH]c2=O)[C@H](O)[C@@H]1O.C=P(C)(C)CC[C@H]1OC(n2cc(CC)c(=O)[nH]c2=O)[C@H](O)[C@@H]1O.C=P(C)(C)CC[C@H]1OC(n2cc(OCC(C)=O)c(=O)[nH]c2=O)[C@H](O)[C@@H]1O.C=P(C)(C)CC[C@H]1O[C@@H](c2c[nH]c(=O)n(C)c2=O)[C@H](O)[C@@H]1O.C=P(C)(C)CC[C@H]1O[C@@H](n2cc(C)c(=O)[nH]c2=O)[C@H](O)[C@@H]1O. The van der Waals surface area contributed by atoms with Crippen molar-refractivity contribution in [3.8, 4) is 5.75 Å². The Kier molecular flexibility index (Phi) is 35.3. The van der Waals surface area contributed by atoms with Crippen LogP contribution in [0.5, 0.6) is 5.75 Å². The summed E-state index contributed by atoms with van der Waals surface area (Å²) in [7, 11) is 1.34. The second-order valence-corrected chi connectivity index (χ2v) is 55.5. The average molecular weight is 1770 g/mol. The van der Waals surface area contributed by atoms with Crippen molar-refractivity contribution in [2.75, 3.05) is 104 Å². The molecular weight excluding hydrogens is 1640 g/mol. The number of nitrogens with zero attached hydrogens (tertiary/aromatic N) is 5. The molecule has 3 unspecified atom stereocenters. The van der Waals surface area contributed by atoms with Gasteiger partial charge in [-0.15, -0.1) is 65.9 Å². The highest BCUT2D eigenvalue weighted by molar-refractivity contribution is 7.73. The van der Waals surface area contributed by atoms with Gasteiger partial charge in [-0.05, 0) is 157 Å². The number of hydrogen-bond acceptors (Lipinski definition) is 28. The molecule has 664 valence electrons. The minimum absolute atomic E-state index is 0.102. The number of aryl methyl sites for hydroxylation is 2. The molecule has 5 aromatic rings. The first kappa shape index (κ1) is 100. The molecule has 0 saturated carbocycles. The van der Waals surface area contributed by atoms with E-state index in [1.165, 1.54) is 45.7 Å². The van der Waals surface area contributed by atoms with E-state index < -0.39 is 213 Å². The van der Waals surface area contributed by atoms with Gasteiger partial charge >= 0.3 is 28.4 Å². The molecule has 5 saturated heterocycles. The summed E-state index contributed by atoms with van der Waals surface area (Å²) >= 11 is 0. The van der Waals surface area contributed by atoms with E-state index in [2.05, 4.69) is 110 Å². The van der Waals surface area contributed by atoms with Gasteiger partial charge in [0.25, 0.3) is 27.8 Å². The maximum Gasteiger partial charge on any atom is 0.330 e. The zero-order valence-corrected chi connectivity index (χ0v) is 73.9. The number of H-pyrrole nitrogens is 5. The molecule has 5 aliphatic rings. The molecule has 15 N–H and O–H groups in total. The van der Waals surface area contributed by atoms with Crippen LogP contribution in [0, 0.1) is 6.92 Å². The summed E-state index contributed by atoms with van der Waals surface area (Å²) in [6.45, 7) is 19.9. The fraction of sp³-hybridized carbons (Fsp3) is 0.640. The lowest BCUT2D eigenvalue weighted by atomic mass is 10.0. The average Bonchev–Trinajstić information content (AvgIpc) is 1.65. The lowest BCUT2D eigenvalue weighted by Gasteiger charge is -2.19. The molecule has 0 radical (unpaired) electrons. The molecule has 0 aromatic carbocycles. The number of aromatic amines is 5. The third-order valence-corrected chi connectivity index (χ3v) is 27.2. The van der Waals surface area contributed by atoms with Crippen LogP contribution in [-0.4, -0.2) is 338 Å². The molecule has 10 rings (SSSR count). The van der Waals surface area contributed by atoms with Crippen molar-refractivity contribution in [2.24, 2.45) is 7.05 Å². The predicted octanol–water partition coefficient (Wildman–Crippen LogP) is -2.67. The molecule has 10 heterocycles. The van der Waals surface area contributed by atoms with E-state index in [-0.39, 0.29) is 41.5 Å². The summed E-state index contributed by atoms with van der Waals surface area (Å²) in [6.07, 6.45) is 13.7. The minimum Gasteiger partial charge on any atom is -0.479 e. The van der Waals surface area contributed by atoms with Gasteiger partial charge < -0.3 is 84.5 Å². The first-order chi connectivity index (χ1) is 54.3. The van der Waals surface area contributed by atoms with Crippen molar-refractivity contribution in [3.63, 3.8) is 0 Å². The van der Waals surface area contributed by atoms with E-state index in [1.54, 1.807) is 13.8 Å². The third-order valence-electron chi connectivity index (χ3n) is 19.8. The molecule has 20 atom stereocenters. The molecule has 5 fully saturated rings. The quantitative estimate of drug-likeness (QED) is 0.0251. The summed E-state index contributed by atoms with van der Waals surface area (Å²) < 4.78 is 38.7. The Morgan fingerprint density at radius 2 is 0.720 bits per heavy atom. The van der Waals surface area contributed by atoms with Crippen LogP contribution in [0.2, 0.25) is 0 Å². The van der Waals surface area contributed by atoms with E-state index in [4.69, 9.17) is 28.4 Å². The van der Waals surface area contributed by atoms with Crippen LogP contribution in [0.4, 0.5) is 0 Å². The molecular formula is C75H121N10O28P5. The summed E-state index contributed by atoms with van der Waals surface area (Å²) in [4.78, 5) is 151. The summed E-state index contributed by atoms with van der Waals surface area (Å²) in [6, 6.07) is 0. The molecule has 43 heteroatoms. The van der Waals surface area contributed by atoms with Crippen LogP contribution < -0.4 is 61.0 Å². The topological polar surface area (TPSA) is 566 Å². The standard InChI is InChI=1S/C16H25N2O7P.C16H25N2O6P.C15H25N2O5P.2C14H23N2O5P/c1-9(19)8-24-11-7-18(16(23)17-14(11)22)15-13(21)12(20)10(25-15)5-6-26(2,3)4;1-9(19)7-10-8-18(16(23)17-14(10)22)15-13(21)12(20)11(24-15)5-6-25(2,3)4;1-5-9-8-17(15(21)16-13(9)20)14-12(19)11(18)10(22-14)6-7-23(2,3)4;1-16-13(19)8(7-15-14(16)20)12-11(18)10(17)9(21-12)5-6-22(2,3)4;1-8-7-16(14(20)15-12(8)19)13-11(18)10(17)9(21-13)5-6-22(2,3)4/h7,10,12-13,15,20-21H,2,5-6,8H2,1,3-4H3,(H,17,22,23);8,11-13,15,20-21H,2,5-7H2,1,3-4H3,(H,17,22,23);8,10-12,14,18-19H,2,5-7H2,1,3-4H3,(H,16,20,21);7,9-12,17-18H,2,5-6H2,1,3-4H3,(H,15,20);7,9-11,13,17-18H,2,5-6H2,1,3-4H3,(H,15,19,20)/t10-,12-,13-,15?;11-,12-,13-,15?;10-,11-,12-,14?;9-,10-,11-,12+;9-,10-,11-,13-/m11111/s1. The monoisotopic (exact) mass is 1760 g/mol. The van der Waals surface area contributed by atoms with Gasteiger partial charge in [-0.1, -0.05) is 6.92 Å². The van der Waals surface area contributed by atoms with Crippen molar-refractivity contribution in [3.05, 3.63) is 157 Å². The summed E-state index contributed by atoms with van der Waals surface area (Å²) in [5, 5.41) is 102. The Balaban J connectivity index is 0.000000229. The van der Waals surface area contributed by atoms with Crippen molar-refractivity contribution >= 4 is 77.5 Å². The van der Waals surface area contributed by atoms with Crippen LogP contribution >= 0.6 is 34.4 Å². The highest BCUT2D eigenvalue weighted by Crippen LogP contribution is 2.44. The van der Waals surface area contributed by atoms with Crippen LogP contribution in [0.15, 0.2) is 78.9 Å². The largest absolute Gasteiger partial charge is 0.479 e. The summed E-state index contributed by atoms with van der Waals surface area (Å²) in [5.74, 6) is -0.782. The Morgan fingerprint density at radius 3 is 1.06 bits per heavy atom. The minimum atomic E-state index is -1.35. The molecule has 118 heavy (non-hydrogen) atoms. The molecule has 5 aromatic heterocycles. The smallest absolute Gasteiger partial charge is 0.330 e. The maximum absolute atomic E-state index is 12.1. The van der Waals surface area contributed by atoms with Gasteiger partial charge in [0.1, 0.15) is 79.5 Å². The zero-order valence-electron chi connectivity index (χ0n) is 69.5. The third kappa shape index (κ3) is 27.7. The molecule has 0 spiro atoms. The zero-order chi connectivity index (χ0) is 89.3. The van der Waals surface area contributed by atoms with Crippen molar-refractivity contribution in [1.29, 1.82) is 0 Å². The second kappa shape index (κ2) is 41.5. The highest BCUT2D eigenvalue weighted by atomic mass is 31.2. The van der Waals surface area contributed by atoms with Crippen LogP contribution in [0.3, 0.4) is 0 Å². The first-order valence-electron chi connectivity index (χ1n) is 38.1. The number of aliphatic hydroxyl groups excluding tert-OH is 10. The van der Waals surface area contributed by atoms with Crippen LogP contribution in [0.25, 0.3) is 0 Å². The van der Waals surface area contributed by atoms with Gasteiger partial charge in [-0.2, -0.15) is 0 Å². The number of nitrogens with one attached hydrogen (secondary N) is 5. The molecule has 0 amide bonds. The Hall–Kier alpha value is -6.56. The van der Waals surface area contributed by atoms with Gasteiger partial charge in [0.15, 0.2) is 30.7 Å². The van der Waals surface area contributed by atoms with E-state index in [9.17, 15) is 109 Å². The number of carbonyl (C=O) groups is 2. The van der Waals surface area contributed by atoms with E-state index in [0.717, 1.165) is 59.8 Å². The second-order valence-electron chi connectivity index (χ2n) is 33.9. The fourth-order valence-electron chi connectivity index (χ4n) is 13.0. The molecule has 38 nitrogen and oxygen atoms in total. The van der Waals surface area contributed by atoms with E-state index in [1.807, 2.05) is 13.3 Å². The Labute approximate surface area is 680 Å². The van der Waals surface area contributed by atoms with Gasteiger partial charge in [-0.3, -0.25) is 76.3 Å². The number of ketones is 2. The van der Waals surface area contributed by atoms with E-state index in [0.29, 0.717) is 49.7 Å². The van der Waals surface area contributed by atoms with Crippen molar-refractivity contribution in [1.82, 2.24) is 47.8 Å². The lowest BCUT2D eigenvalue weighted by Crippen LogP contribution is -2.39. The number of aromatic nitrogens is 10. The number of rotatable bonds is 26. The molecule has 0 aliphatic carbocycles. The number of carbonyl (C=O) groups excluding carboxylic acids is 2. The fourth-order valence-corrected chi connectivity index (χ4v) is 17.8. The first-order valence-corrected chi connectivity index (χ1v) is 53.3. The van der Waals surface area contributed by atoms with Crippen LogP contribution in [0.1, 0.15) is 106 Å². The number of aliphatic hydroxyl groups is 10. The van der Waals surface area contributed by atoms with Crippen LogP contribution in [-0.2, 0) is 53.2 Å². The molecule has 5 aliphatic heterocycles. The Morgan fingerprint density at radius 1 is 0.415 bits per heavy atom. The van der Waals surface area contributed by atoms with Gasteiger partial charge in [-0.25, -0.2) is 24.0 Å². The number of ether oxygens (including phenoxy) is 6. The van der Waals surface area contributed by atoms with Gasteiger partial charge in [0.2, 0.25) is 5.75 Å². The normalized spacial score (nSPS) is 27.7. The van der Waals surface area contributed by atoms with E-state index >= 15 is 0 Å². The highest BCUT2D eigenvalue weighted by Gasteiger charge is 2.49. The number of hydrogen-bond donors (Lipinski definition) is 15. The predicted molar refractivity (Wildman–Crippen MR) is 462 cm³/mol. The van der Waals surface area contributed by atoms with Gasteiger partial charge in [0.05, 0.1) is 42.3 Å². The summed E-state index contributed by atoms with van der Waals surface area (Å²) in [5.41, 5.74) is -5.35. The van der Waals surface area contributed by atoms with Gasteiger partial charge in [0, 0.05) is 54.9 Å². The maximum atomic E-state index is 12.1. The van der Waals surface area contributed by atoms with Crippen molar-refractivity contribution < 1.29 is 89.1 Å². The number of Topliss-reactive ketones (excluding diaryl/α,β-unsaturated/α-hetero) is 2.